The first-order valence-corrected chi connectivity index (χ1v) is 11.0. The fourth-order valence-corrected chi connectivity index (χ4v) is 4.32. The number of aromatic nitrogens is 1. The molecular formula is C26H23ClFNO3. The second kappa shape index (κ2) is 9.53. The number of hydrogen-bond acceptors (Lipinski definition) is 3. The summed E-state index contributed by atoms with van der Waals surface area (Å²) in [6, 6.07) is 13.6. The van der Waals surface area contributed by atoms with E-state index in [0.29, 0.717) is 28.5 Å². The van der Waals surface area contributed by atoms with Gasteiger partial charge in [0.25, 0.3) is 0 Å². The van der Waals surface area contributed by atoms with E-state index < -0.39 is 5.97 Å². The molecule has 0 spiro atoms. The van der Waals surface area contributed by atoms with Crippen molar-refractivity contribution in [2.75, 3.05) is 0 Å². The molecule has 1 heterocycles. The molecule has 3 aromatic rings. The van der Waals surface area contributed by atoms with Crippen LogP contribution in [-0.2, 0) is 13.0 Å². The van der Waals surface area contributed by atoms with Crippen LogP contribution in [0.1, 0.15) is 58.9 Å². The number of carboxylic acid groups (broad SMARTS) is 1. The molecule has 0 saturated carbocycles. The van der Waals surface area contributed by atoms with Crippen LogP contribution >= 0.6 is 11.6 Å². The van der Waals surface area contributed by atoms with Crippen molar-refractivity contribution in [2.45, 2.75) is 39.2 Å². The Hall–Kier alpha value is -3.18. The Bertz CT molecular complexity index is 1210. The molecular weight excluding hydrogens is 429 g/mol. The van der Waals surface area contributed by atoms with Crippen molar-refractivity contribution in [3.05, 3.63) is 93.5 Å². The van der Waals surface area contributed by atoms with Crippen LogP contribution in [0.3, 0.4) is 0 Å². The lowest BCUT2D eigenvalue weighted by atomic mass is 9.96. The van der Waals surface area contributed by atoms with Crippen LogP contribution in [0.2, 0.25) is 5.02 Å². The maximum atomic E-state index is 13.9. The molecule has 1 N–H and O–H groups in total. The molecule has 4 nitrogen and oxygen atoms in total. The highest BCUT2D eigenvalue weighted by Gasteiger charge is 2.22. The molecule has 0 saturated heterocycles. The van der Waals surface area contributed by atoms with E-state index >= 15 is 0 Å². The lowest BCUT2D eigenvalue weighted by Crippen LogP contribution is -2.05. The van der Waals surface area contributed by atoms with E-state index in [1.165, 1.54) is 6.07 Å². The van der Waals surface area contributed by atoms with Crippen molar-refractivity contribution < 1.29 is 19.0 Å². The predicted molar refractivity (Wildman–Crippen MR) is 123 cm³/mol. The lowest BCUT2D eigenvalue weighted by molar-refractivity contribution is 0.0695. The zero-order valence-electron chi connectivity index (χ0n) is 17.7. The summed E-state index contributed by atoms with van der Waals surface area (Å²) >= 11 is 6.54. The quantitative estimate of drug-likeness (QED) is 0.428. The number of aromatic carboxylic acids is 1. The smallest absolute Gasteiger partial charge is 0.337 e. The summed E-state index contributed by atoms with van der Waals surface area (Å²) in [5, 5.41) is 10.2. The molecule has 0 aliphatic heterocycles. The van der Waals surface area contributed by atoms with Gasteiger partial charge in [-0.25, -0.2) is 9.18 Å². The van der Waals surface area contributed by atoms with Gasteiger partial charge >= 0.3 is 5.97 Å². The third-order valence-corrected chi connectivity index (χ3v) is 6.05. The zero-order valence-corrected chi connectivity index (χ0v) is 18.5. The van der Waals surface area contributed by atoms with E-state index in [2.05, 4.69) is 4.98 Å². The first-order chi connectivity index (χ1) is 15.5. The van der Waals surface area contributed by atoms with E-state index in [1.54, 1.807) is 42.6 Å². The zero-order chi connectivity index (χ0) is 22.7. The normalized spacial score (nSPS) is 13.5. The summed E-state index contributed by atoms with van der Waals surface area (Å²) < 4.78 is 19.7. The topological polar surface area (TPSA) is 59.4 Å². The highest BCUT2D eigenvalue weighted by molar-refractivity contribution is 6.32. The van der Waals surface area contributed by atoms with Crippen LogP contribution in [0, 0.1) is 5.82 Å². The standard InChI is InChI=1S/C26H23ClFNO3/c1-2-25-22(26(30)31)12-17(14-29-25)19-7-5-8-20(19)21-13-18(10-11-23(21)27)32-15-16-6-3-4-9-24(16)28/h3-4,6,9-14H,2,5,7-8,15H2,1H3,(H,30,31). The summed E-state index contributed by atoms with van der Waals surface area (Å²) in [5.41, 5.74) is 5.06. The van der Waals surface area contributed by atoms with Gasteiger partial charge in [0.1, 0.15) is 18.2 Å². The molecule has 0 unspecified atom stereocenters. The molecule has 6 heteroatoms. The fraction of sp³-hybridized carbons (Fsp3) is 0.231. The van der Waals surface area contributed by atoms with Crippen molar-refractivity contribution in [1.29, 1.82) is 0 Å². The first kappa shape index (κ1) is 22.0. The predicted octanol–water partition coefficient (Wildman–Crippen LogP) is 6.81. The molecule has 4 rings (SSSR count). The van der Waals surface area contributed by atoms with Gasteiger partial charge in [-0.05, 0) is 72.7 Å². The molecule has 0 atom stereocenters. The third-order valence-electron chi connectivity index (χ3n) is 5.72. The van der Waals surface area contributed by atoms with E-state index in [-0.39, 0.29) is 18.0 Å². The molecule has 32 heavy (non-hydrogen) atoms. The number of carbonyl (C=O) groups is 1. The molecule has 0 amide bonds. The number of benzene rings is 2. The van der Waals surface area contributed by atoms with Crippen LogP contribution in [0.25, 0.3) is 11.1 Å². The minimum Gasteiger partial charge on any atom is -0.489 e. The van der Waals surface area contributed by atoms with Crippen LogP contribution in [0.5, 0.6) is 5.75 Å². The lowest BCUT2D eigenvalue weighted by Gasteiger charge is -2.14. The van der Waals surface area contributed by atoms with Gasteiger partial charge in [0, 0.05) is 22.3 Å². The summed E-state index contributed by atoms with van der Waals surface area (Å²) in [7, 11) is 0. The summed E-state index contributed by atoms with van der Waals surface area (Å²) in [4.78, 5) is 16.1. The van der Waals surface area contributed by atoms with E-state index in [4.69, 9.17) is 16.3 Å². The van der Waals surface area contributed by atoms with Crippen LogP contribution in [0.15, 0.2) is 54.7 Å². The average Bonchev–Trinajstić information content (AvgIpc) is 3.28. The van der Waals surface area contributed by atoms with Gasteiger partial charge in [-0.1, -0.05) is 36.7 Å². The molecule has 0 fully saturated rings. The molecule has 1 aliphatic rings. The number of pyridine rings is 1. The average molecular weight is 452 g/mol. The maximum Gasteiger partial charge on any atom is 0.337 e. The number of allylic oxidation sites excluding steroid dienone is 2. The van der Waals surface area contributed by atoms with Crippen molar-refractivity contribution in [1.82, 2.24) is 4.98 Å². The summed E-state index contributed by atoms with van der Waals surface area (Å²) in [6.45, 7) is 2.01. The highest BCUT2D eigenvalue weighted by Crippen LogP contribution is 2.43. The van der Waals surface area contributed by atoms with Gasteiger partial charge in [0.2, 0.25) is 0 Å². The van der Waals surface area contributed by atoms with E-state index in [1.807, 2.05) is 13.0 Å². The number of nitrogens with zero attached hydrogens (tertiary/aromatic N) is 1. The number of rotatable bonds is 7. The van der Waals surface area contributed by atoms with Crippen molar-refractivity contribution in [2.24, 2.45) is 0 Å². The Morgan fingerprint density at radius 3 is 2.69 bits per heavy atom. The second-order valence-corrected chi connectivity index (χ2v) is 8.12. The van der Waals surface area contributed by atoms with Gasteiger partial charge in [0.15, 0.2) is 0 Å². The number of aryl methyl sites for hydroxylation is 1. The Balaban J connectivity index is 1.68. The Morgan fingerprint density at radius 2 is 1.94 bits per heavy atom. The molecule has 0 bridgehead atoms. The van der Waals surface area contributed by atoms with Gasteiger partial charge in [0.05, 0.1) is 11.3 Å². The third kappa shape index (κ3) is 4.53. The Labute approximate surface area is 191 Å². The SMILES string of the molecule is CCc1ncc(C2=C(c3cc(OCc4ccccc4F)ccc3Cl)CCC2)cc1C(=O)O. The van der Waals surface area contributed by atoms with Crippen LogP contribution < -0.4 is 4.74 Å². The molecule has 1 aromatic heterocycles. The van der Waals surface area contributed by atoms with Gasteiger partial charge < -0.3 is 9.84 Å². The van der Waals surface area contributed by atoms with E-state index in [9.17, 15) is 14.3 Å². The monoisotopic (exact) mass is 451 g/mol. The van der Waals surface area contributed by atoms with Gasteiger partial charge in [-0.3, -0.25) is 4.98 Å². The Kier molecular flexibility index (Phi) is 6.56. The first-order valence-electron chi connectivity index (χ1n) is 10.6. The molecule has 2 aromatic carbocycles. The number of carboxylic acids is 1. The van der Waals surface area contributed by atoms with Crippen molar-refractivity contribution >= 4 is 28.7 Å². The maximum absolute atomic E-state index is 13.9. The van der Waals surface area contributed by atoms with Crippen molar-refractivity contribution in [3.63, 3.8) is 0 Å². The highest BCUT2D eigenvalue weighted by atomic mass is 35.5. The van der Waals surface area contributed by atoms with Crippen LogP contribution in [0.4, 0.5) is 4.39 Å². The largest absolute Gasteiger partial charge is 0.489 e. The van der Waals surface area contributed by atoms with Gasteiger partial charge in [-0.15, -0.1) is 0 Å². The van der Waals surface area contributed by atoms with E-state index in [0.717, 1.165) is 41.5 Å². The number of ether oxygens (including phenoxy) is 1. The fourth-order valence-electron chi connectivity index (χ4n) is 4.09. The molecule has 164 valence electrons. The minimum atomic E-state index is -0.974. The summed E-state index contributed by atoms with van der Waals surface area (Å²) in [6.07, 6.45) is 4.89. The molecule has 0 radical (unpaired) electrons. The van der Waals surface area contributed by atoms with Crippen LogP contribution in [-0.4, -0.2) is 16.1 Å². The summed E-state index contributed by atoms with van der Waals surface area (Å²) in [5.74, 6) is -0.685. The van der Waals surface area contributed by atoms with Crippen molar-refractivity contribution in [3.8, 4) is 5.75 Å². The Morgan fingerprint density at radius 1 is 1.16 bits per heavy atom. The minimum absolute atomic E-state index is 0.115. The number of hydrogen-bond donors (Lipinski definition) is 1. The van der Waals surface area contributed by atoms with Gasteiger partial charge in [-0.2, -0.15) is 0 Å². The second-order valence-electron chi connectivity index (χ2n) is 7.71. The molecule has 1 aliphatic carbocycles. The number of halogens is 2.